The van der Waals surface area contributed by atoms with E-state index < -0.39 is 13.9 Å². The molecule has 338 valence electrons. The fraction of sp³-hybridized carbons (Fsp3) is 0.776. The number of unbranched alkanes of at least 4 members (excludes halogenated alkanes) is 19. The van der Waals surface area contributed by atoms with Crippen LogP contribution in [0.15, 0.2) is 60.8 Å². The maximum atomic E-state index is 12.7. The molecule has 0 spiro atoms. The second-order valence-corrected chi connectivity index (χ2v) is 18.2. The number of nitrogens with zero attached hydrogens (tertiary/aromatic N) is 1. The molecule has 0 bridgehead atoms. The van der Waals surface area contributed by atoms with Gasteiger partial charge in [0.1, 0.15) is 19.3 Å². The minimum absolute atomic E-state index is 0.0831. The molecule has 0 heterocycles. The number of esters is 1. The minimum Gasteiger partial charge on any atom is -0.457 e. The van der Waals surface area contributed by atoms with E-state index in [0.717, 1.165) is 83.5 Å². The molecule has 0 saturated heterocycles. The van der Waals surface area contributed by atoms with Crippen LogP contribution in [0.25, 0.3) is 0 Å². The Hall–Kier alpha value is -1.80. The van der Waals surface area contributed by atoms with E-state index in [2.05, 4.69) is 74.6 Å². The van der Waals surface area contributed by atoms with Gasteiger partial charge in [-0.25, -0.2) is 4.57 Å². The Bertz CT molecular complexity index is 1110. The van der Waals surface area contributed by atoms with Crippen molar-refractivity contribution in [2.45, 2.75) is 193 Å². The minimum atomic E-state index is -4.28. The number of hydrogen-bond acceptors (Lipinski definition) is 6. The Balaban J connectivity index is 4.24. The normalized spacial score (nSPS) is 14.2. The molecule has 0 aliphatic rings. The van der Waals surface area contributed by atoms with E-state index in [4.69, 9.17) is 18.5 Å². The Kier molecular flexibility index (Phi) is 40.6. The quantitative estimate of drug-likeness (QED) is 0.0215. The number of likely N-dealkylation sites (N-methyl/N-ethyl adjacent to an activating group) is 1. The summed E-state index contributed by atoms with van der Waals surface area (Å²) in [4.78, 5) is 22.9. The van der Waals surface area contributed by atoms with Crippen LogP contribution in [0.5, 0.6) is 0 Å². The summed E-state index contributed by atoms with van der Waals surface area (Å²) in [5, 5.41) is 0. The van der Waals surface area contributed by atoms with Crippen LogP contribution in [0.4, 0.5) is 0 Å². The number of quaternary nitrogens is 1. The SMILES string of the molecule is CC/C=C\C/C=C\C/C=C\C/C=C\C/C=C\CCCCCCCC(=O)OC(COCCCCCCCCCCCCCCCCC)COP(=O)(O)OCC[N+](C)(C)C. The topological polar surface area (TPSA) is 91.3 Å². The fourth-order valence-corrected chi connectivity index (χ4v) is 6.97. The molecule has 0 aliphatic carbocycles. The molecule has 58 heavy (non-hydrogen) atoms. The van der Waals surface area contributed by atoms with Gasteiger partial charge in [0, 0.05) is 13.0 Å². The molecule has 2 atom stereocenters. The first-order chi connectivity index (χ1) is 28.1. The zero-order valence-corrected chi connectivity index (χ0v) is 39.2. The van der Waals surface area contributed by atoms with Crippen molar-refractivity contribution >= 4 is 13.8 Å². The average Bonchev–Trinajstić information content (AvgIpc) is 3.18. The average molecular weight is 837 g/mol. The number of phosphoric ester groups is 1. The van der Waals surface area contributed by atoms with E-state index >= 15 is 0 Å². The molecule has 0 fully saturated rings. The van der Waals surface area contributed by atoms with Gasteiger partial charge in [0.25, 0.3) is 0 Å². The standard InChI is InChI=1S/C49H90NO7P/c1-6-8-10-12-14-16-18-20-22-23-24-25-26-27-28-30-32-34-36-38-40-42-49(51)57-48(47-56-58(52,53)55-45-43-50(3,4)5)46-54-44-41-39-37-35-33-31-29-21-19-17-15-13-11-9-7-2/h8,10,14,16,20,22,24-25,27-28,48H,6-7,9,11-13,15,17-19,21,23,26,29-47H2,1-5H3/p+1/b10-8-,16-14-,22-20-,25-24-,28-27-. The highest BCUT2D eigenvalue weighted by atomic mass is 31.2. The van der Waals surface area contributed by atoms with Gasteiger partial charge in [-0.2, -0.15) is 0 Å². The molecule has 0 rings (SSSR count). The summed E-state index contributed by atoms with van der Waals surface area (Å²) >= 11 is 0. The van der Waals surface area contributed by atoms with Crippen LogP contribution >= 0.6 is 7.82 Å². The number of ether oxygens (including phenoxy) is 2. The van der Waals surface area contributed by atoms with Crippen molar-refractivity contribution in [3.8, 4) is 0 Å². The summed E-state index contributed by atoms with van der Waals surface area (Å²) < 4.78 is 35.0. The van der Waals surface area contributed by atoms with Crippen LogP contribution in [0.2, 0.25) is 0 Å². The van der Waals surface area contributed by atoms with Gasteiger partial charge < -0.3 is 18.9 Å². The van der Waals surface area contributed by atoms with Crippen molar-refractivity contribution in [3.63, 3.8) is 0 Å². The van der Waals surface area contributed by atoms with Crippen LogP contribution in [0, 0.1) is 0 Å². The van der Waals surface area contributed by atoms with Gasteiger partial charge in [-0.15, -0.1) is 0 Å². The number of rotatable bonds is 43. The van der Waals surface area contributed by atoms with E-state index in [1.54, 1.807) is 0 Å². The Morgan fingerprint density at radius 1 is 0.552 bits per heavy atom. The molecule has 1 N–H and O–H groups in total. The molecule has 0 aromatic heterocycles. The van der Waals surface area contributed by atoms with Crippen molar-refractivity contribution in [1.29, 1.82) is 0 Å². The van der Waals surface area contributed by atoms with E-state index in [9.17, 15) is 14.3 Å². The monoisotopic (exact) mass is 837 g/mol. The molecule has 2 unspecified atom stereocenters. The third-order valence-electron chi connectivity index (χ3n) is 9.84. The lowest BCUT2D eigenvalue weighted by Crippen LogP contribution is -2.37. The van der Waals surface area contributed by atoms with Crippen molar-refractivity contribution in [2.24, 2.45) is 0 Å². The summed E-state index contributed by atoms with van der Waals surface area (Å²) in [6.45, 7) is 5.49. The third kappa shape index (κ3) is 45.3. The van der Waals surface area contributed by atoms with Crippen molar-refractivity contribution in [2.75, 3.05) is 54.1 Å². The second kappa shape index (κ2) is 41.9. The maximum Gasteiger partial charge on any atom is 0.472 e. The molecule has 0 saturated carbocycles. The zero-order valence-electron chi connectivity index (χ0n) is 38.3. The number of carbonyl (C=O) groups excluding carboxylic acids is 1. The number of carbonyl (C=O) groups is 1. The summed E-state index contributed by atoms with van der Waals surface area (Å²) in [6.07, 6.45) is 52.5. The first-order valence-corrected chi connectivity index (χ1v) is 25.0. The van der Waals surface area contributed by atoms with Crippen LogP contribution in [0.3, 0.4) is 0 Å². The van der Waals surface area contributed by atoms with Gasteiger partial charge in [-0.05, 0) is 57.8 Å². The maximum absolute atomic E-state index is 12.7. The first-order valence-electron chi connectivity index (χ1n) is 23.5. The lowest BCUT2D eigenvalue weighted by molar-refractivity contribution is -0.870. The molecule has 9 heteroatoms. The molecular formula is C49H91NO7P+. The largest absolute Gasteiger partial charge is 0.472 e. The van der Waals surface area contributed by atoms with Gasteiger partial charge in [0.05, 0.1) is 34.4 Å². The predicted molar refractivity (Wildman–Crippen MR) is 247 cm³/mol. The molecule has 0 radical (unpaired) electrons. The number of allylic oxidation sites excluding steroid dienone is 10. The van der Waals surface area contributed by atoms with E-state index in [1.165, 1.54) is 83.5 Å². The van der Waals surface area contributed by atoms with Crippen molar-refractivity contribution in [3.05, 3.63) is 60.8 Å². The third-order valence-corrected chi connectivity index (χ3v) is 10.8. The fourth-order valence-electron chi connectivity index (χ4n) is 6.23. The van der Waals surface area contributed by atoms with E-state index in [1.807, 2.05) is 21.1 Å². The lowest BCUT2D eigenvalue weighted by Gasteiger charge is -2.24. The molecular weight excluding hydrogens is 746 g/mol. The summed E-state index contributed by atoms with van der Waals surface area (Å²) in [5.74, 6) is -0.332. The van der Waals surface area contributed by atoms with Gasteiger partial charge >= 0.3 is 13.8 Å². The molecule has 0 aliphatic heterocycles. The summed E-state index contributed by atoms with van der Waals surface area (Å²) in [6, 6.07) is 0. The Morgan fingerprint density at radius 2 is 1.00 bits per heavy atom. The first kappa shape index (κ1) is 56.2. The van der Waals surface area contributed by atoms with Gasteiger partial charge in [0.15, 0.2) is 0 Å². The van der Waals surface area contributed by atoms with Gasteiger partial charge in [-0.1, -0.05) is 184 Å². The lowest BCUT2D eigenvalue weighted by atomic mass is 10.0. The van der Waals surface area contributed by atoms with Crippen LogP contribution in [-0.2, 0) is 27.9 Å². The highest BCUT2D eigenvalue weighted by Crippen LogP contribution is 2.43. The molecule has 0 amide bonds. The zero-order chi connectivity index (χ0) is 42.7. The Labute approximate surface area is 358 Å². The van der Waals surface area contributed by atoms with Crippen LogP contribution in [-0.4, -0.2) is 75.6 Å². The van der Waals surface area contributed by atoms with Gasteiger partial charge in [-0.3, -0.25) is 13.8 Å². The molecule has 8 nitrogen and oxygen atoms in total. The number of phosphoric acid groups is 1. The predicted octanol–water partition coefficient (Wildman–Crippen LogP) is 14.1. The number of hydrogen-bond donors (Lipinski definition) is 1. The smallest absolute Gasteiger partial charge is 0.457 e. The summed E-state index contributed by atoms with van der Waals surface area (Å²) in [5.41, 5.74) is 0. The molecule has 0 aromatic carbocycles. The highest BCUT2D eigenvalue weighted by molar-refractivity contribution is 7.47. The van der Waals surface area contributed by atoms with Crippen molar-refractivity contribution in [1.82, 2.24) is 0 Å². The highest BCUT2D eigenvalue weighted by Gasteiger charge is 2.26. The van der Waals surface area contributed by atoms with Crippen molar-refractivity contribution < 1.29 is 37.3 Å². The second-order valence-electron chi connectivity index (χ2n) is 16.8. The van der Waals surface area contributed by atoms with Crippen LogP contribution in [0.1, 0.15) is 187 Å². The molecule has 0 aromatic rings. The van der Waals surface area contributed by atoms with E-state index in [-0.39, 0.29) is 25.8 Å². The summed E-state index contributed by atoms with van der Waals surface area (Å²) in [7, 11) is 1.65. The van der Waals surface area contributed by atoms with Crippen LogP contribution < -0.4 is 0 Å². The van der Waals surface area contributed by atoms with Gasteiger partial charge in [0.2, 0.25) is 0 Å². The van der Waals surface area contributed by atoms with E-state index in [0.29, 0.717) is 24.1 Å². The Morgan fingerprint density at radius 3 is 1.50 bits per heavy atom.